The number of primary amides is 1. The third-order valence-electron chi connectivity index (χ3n) is 3.33. The quantitative estimate of drug-likeness (QED) is 0.672. The summed E-state index contributed by atoms with van der Waals surface area (Å²) in [7, 11) is 0. The molecule has 0 fully saturated rings. The fourth-order valence-electron chi connectivity index (χ4n) is 2.27. The topological polar surface area (TPSA) is 96.7 Å². The number of benzene rings is 2. The van der Waals surface area contributed by atoms with E-state index >= 15 is 0 Å². The number of furan rings is 1. The fraction of sp³-hybridized carbons (Fsp3) is 0.133. The van der Waals surface area contributed by atoms with Gasteiger partial charge in [-0.15, -0.1) is 0 Å². The normalized spacial score (nSPS) is 14.5. The fourth-order valence-corrected chi connectivity index (χ4v) is 2.27. The van der Waals surface area contributed by atoms with Crippen LogP contribution in [-0.4, -0.2) is 22.2 Å². The van der Waals surface area contributed by atoms with Crippen LogP contribution in [0.2, 0.25) is 0 Å². The van der Waals surface area contributed by atoms with E-state index < -0.39 is 18.1 Å². The third kappa shape index (κ3) is 1.93. The highest BCUT2D eigenvalue weighted by atomic mass is 16.3. The maximum Gasteiger partial charge on any atom is 0.249 e. The van der Waals surface area contributed by atoms with Gasteiger partial charge in [0, 0.05) is 10.8 Å². The van der Waals surface area contributed by atoms with Gasteiger partial charge in [0.2, 0.25) is 5.91 Å². The highest BCUT2D eigenvalue weighted by molar-refractivity contribution is 6.05. The number of para-hydroxylation sites is 1. The molecule has 0 aliphatic carbocycles. The number of amides is 1. The second kappa shape index (κ2) is 4.63. The molecule has 2 unspecified atom stereocenters. The lowest BCUT2D eigenvalue weighted by Crippen LogP contribution is -2.33. The number of aliphatic hydroxyl groups excluding tert-OH is 2. The predicted octanol–water partition coefficient (Wildman–Crippen LogP) is 1.47. The first-order valence-corrected chi connectivity index (χ1v) is 6.14. The smallest absolute Gasteiger partial charge is 0.249 e. The van der Waals surface area contributed by atoms with Crippen molar-refractivity contribution in [3.05, 3.63) is 48.0 Å². The molecule has 4 N–H and O–H groups in total. The Kier molecular flexibility index (Phi) is 2.93. The largest absolute Gasteiger partial charge is 0.456 e. The zero-order valence-electron chi connectivity index (χ0n) is 10.5. The average molecular weight is 271 g/mol. The van der Waals surface area contributed by atoms with Gasteiger partial charge in [0.1, 0.15) is 17.3 Å². The minimum absolute atomic E-state index is 0.412. The SMILES string of the molecule is NC(=O)C(O)C(O)c1ccc2oc3ccccc3c2c1. The van der Waals surface area contributed by atoms with Crippen LogP contribution in [0.4, 0.5) is 0 Å². The van der Waals surface area contributed by atoms with Crippen molar-refractivity contribution in [2.75, 3.05) is 0 Å². The summed E-state index contributed by atoms with van der Waals surface area (Å²) < 4.78 is 5.66. The van der Waals surface area contributed by atoms with Crippen LogP contribution in [0.25, 0.3) is 21.9 Å². The number of fused-ring (bicyclic) bond motifs is 3. The van der Waals surface area contributed by atoms with E-state index in [1.54, 1.807) is 18.2 Å². The summed E-state index contributed by atoms with van der Waals surface area (Å²) in [5.74, 6) is -0.963. The number of nitrogens with two attached hydrogens (primary N) is 1. The Morgan fingerprint density at radius 1 is 1.05 bits per heavy atom. The molecule has 2 atom stereocenters. The first-order valence-electron chi connectivity index (χ1n) is 6.14. The van der Waals surface area contributed by atoms with Crippen molar-refractivity contribution in [3.63, 3.8) is 0 Å². The van der Waals surface area contributed by atoms with Gasteiger partial charge in [-0.25, -0.2) is 0 Å². The summed E-state index contributed by atoms with van der Waals surface area (Å²) >= 11 is 0. The number of carbonyl (C=O) groups is 1. The molecular weight excluding hydrogens is 258 g/mol. The number of hydrogen-bond donors (Lipinski definition) is 3. The molecule has 102 valence electrons. The highest BCUT2D eigenvalue weighted by Gasteiger charge is 2.24. The van der Waals surface area contributed by atoms with Crippen molar-refractivity contribution in [2.45, 2.75) is 12.2 Å². The van der Waals surface area contributed by atoms with Crippen LogP contribution in [0.1, 0.15) is 11.7 Å². The van der Waals surface area contributed by atoms with Gasteiger partial charge in [0.15, 0.2) is 6.10 Å². The van der Waals surface area contributed by atoms with Crippen LogP contribution in [0.15, 0.2) is 46.9 Å². The minimum Gasteiger partial charge on any atom is -0.456 e. The van der Waals surface area contributed by atoms with Crippen LogP contribution in [0.5, 0.6) is 0 Å². The third-order valence-corrected chi connectivity index (χ3v) is 3.33. The molecule has 1 aromatic heterocycles. The van der Waals surface area contributed by atoms with Crippen molar-refractivity contribution in [2.24, 2.45) is 5.73 Å². The predicted molar refractivity (Wildman–Crippen MR) is 73.9 cm³/mol. The first-order chi connectivity index (χ1) is 9.58. The van der Waals surface area contributed by atoms with Crippen molar-refractivity contribution in [1.29, 1.82) is 0 Å². The van der Waals surface area contributed by atoms with Crippen molar-refractivity contribution < 1.29 is 19.4 Å². The highest BCUT2D eigenvalue weighted by Crippen LogP contribution is 2.31. The average Bonchev–Trinajstić information content (AvgIpc) is 2.83. The molecule has 5 heteroatoms. The molecule has 1 amide bonds. The Bertz CT molecular complexity index is 793. The van der Waals surface area contributed by atoms with E-state index in [4.69, 9.17) is 10.2 Å². The summed E-state index contributed by atoms with van der Waals surface area (Å²) in [6.45, 7) is 0. The lowest BCUT2D eigenvalue weighted by molar-refractivity contribution is -0.131. The van der Waals surface area contributed by atoms with Crippen LogP contribution in [0.3, 0.4) is 0 Å². The van der Waals surface area contributed by atoms with Gasteiger partial charge in [-0.1, -0.05) is 24.3 Å². The Hall–Kier alpha value is -2.37. The molecule has 0 aliphatic rings. The van der Waals surface area contributed by atoms with Crippen molar-refractivity contribution in [3.8, 4) is 0 Å². The Morgan fingerprint density at radius 2 is 1.75 bits per heavy atom. The lowest BCUT2D eigenvalue weighted by atomic mass is 10.0. The van der Waals surface area contributed by atoms with E-state index in [1.807, 2.05) is 24.3 Å². The van der Waals surface area contributed by atoms with Crippen molar-refractivity contribution >= 4 is 27.8 Å². The molecule has 1 heterocycles. The lowest BCUT2D eigenvalue weighted by Gasteiger charge is -2.14. The number of rotatable bonds is 3. The molecule has 0 bridgehead atoms. The summed E-state index contributed by atoms with van der Waals surface area (Å²) in [5, 5.41) is 21.2. The van der Waals surface area contributed by atoms with Crippen molar-refractivity contribution in [1.82, 2.24) is 0 Å². The molecule has 5 nitrogen and oxygen atoms in total. The second-order valence-electron chi connectivity index (χ2n) is 4.65. The minimum atomic E-state index is -1.63. The zero-order chi connectivity index (χ0) is 14.3. The number of aliphatic hydroxyl groups is 2. The van der Waals surface area contributed by atoms with Crippen LogP contribution < -0.4 is 5.73 Å². The standard InChI is InChI=1S/C15H13NO4/c16-15(19)14(18)13(17)8-5-6-12-10(7-8)9-3-1-2-4-11(9)20-12/h1-7,13-14,17-18H,(H2,16,19). The summed E-state index contributed by atoms with van der Waals surface area (Å²) in [4.78, 5) is 10.9. The summed E-state index contributed by atoms with van der Waals surface area (Å²) in [6.07, 6.45) is -2.99. The number of hydrogen-bond acceptors (Lipinski definition) is 4. The molecule has 20 heavy (non-hydrogen) atoms. The monoisotopic (exact) mass is 271 g/mol. The van der Waals surface area contributed by atoms with E-state index in [0.29, 0.717) is 11.1 Å². The van der Waals surface area contributed by atoms with Crippen LogP contribution in [-0.2, 0) is 4.79 Å². The van der Waals surface area contributed by atoms with E-state index in [1.165, 1.54) is 0 Å². The van der Waals surface area contributed by atoms with Gasteiger partial charge >= 0.3 is 0 Å². The van der Waals surface area contributed by atoms with Gasteiger partial charge in [-0.2, -0.15) is 0 Å². The molecule has 0 radical (unpaired) electrons. The van der Waals surface area contributed by atoms with E-state index in [-0.39, 0.29) is 0 Å². The maximum atomic E-state index is 10.9. The second-order valence-corrected chi connectivity index (χ2v) is 4.65. The molecular formula is C15H13NO4. The van der Waals surface area contributed by atoms with Gasteiger partial charge in [-0.05, 0) is 23.8 Å². The van der Waals surface area contributed by atoms with Crippen LogP contribution >= 0.6 is 0 Å². The molecule has 3 aromatic rings. The molecule has 3 rings (SSSR count). The van der Waals surface area contributed by atoms with Gasteiger partial charge in [0.25, 0.3) is 0 Å². The van der Waals surface area contributed by atoms with Crippen LogP contribution in [0, 0.1) is 0 Å². The molecule has 0 saturated carbocycles. The first kappa shape index (κ1) is 12.7. The molecule has 2 aromatic carbocycles. The molecule has 0 aliphatic heterocycles. The maximum absolute atomic E-state index is 10.9. The van der Waals surface area contributed by atoms with Gasteiger partial charge < -0.3 is 20.4 Å². The Balaban J connectivity index is 2.14. The summed E-state index contributed by atoms with van der Waals surface area (Å²) in [6, 6.07) is 12.5. The van der Waals surface area contributed by atoms with Gasteiger partial charge in [0.05, 0.1) is 0 Å². The molecule has 0 saturated heterocycles. The Labute approximate surface area is 114 Å². The zero-order valence-corrected chi connectivity index (χ0v) is 10.5. The number of carbonyl (C=O) groups excluding carboxylic acids is 1. The van der Waals surface area contributed by atoms with E-state index in [0.717, 1.165) is 16.4 Å². The van der Waals surface area contributed by atoms with Gasteiger partial charge in [-0.3, -0.25) is 4.79 Å². The van der Waals surface area contributed by atoms with E-state index in [9.17, 15) is 15.0 Å². The summed E-state index contributed by atoms with van der Waals surface area (Å²) in [5.41, 5.74) is 6.82. The van der Waals surface area contributed by atoms with E-state index in [2.05, 4.69) is 0 Å². The molecule has 0 spiro atoms. The Morgan fingerprint density at radius 3 is 2.50 bits per heavy atom.